The van der Waals surface area contributed by atoms with Gasteiger partial charge in [0.05, 0.1) is 16.6 Å². The summed E-state index contributed by atoms with van der Waals surface area (Å²) in [6, 6.07) is 20.3. The second-order valence-electron chi connectivity index (χ2n) is 5.50. The van der Waals surface area contributed by atoms with Gasteiger partial charge in [-0.1, -0.05) is 42.5 Å². The molecule has 4 N–H and O–H groups in total. The van der Waals surface area contributed by atoms with Crippen LogP contribution in [0.3, 0.4) is 0 Å². The zero-order chi connectivity index (χ0) is 18.5. The second kappa shape index (κ2) is 7.40. The minimum Gasteiger partial charge on any atom is -0.366 e. The zero-order valence-electron chi connectivity index (χ0n) is 13.8. The molecule has 0 saturated heterocycles. The molecule has 2 amide bonds. The van der Waals surface area contributed by atoms with Crippen molar-refractivity contribution in [2.75, 3.05) is 0 Å². The van der Waals surface area contributed by atoms with Crippen LogP contribution in [0.5, 0.6) is 0 Å². The number of benzene rings is 2. The van der Waals surface area contributed by atoms with Crippen molar-refractivity contribution in [1.29, 1.82) is 0 Å². The normalized spacial score (nSPS) is 10.2. The Labute approximate surface area is 149 Å². The Bertz CT molecular complexity index is 1040. The quantitative estimate of drug-likeness (QED) is 0.582. The number of nitrogens with two attached hydrogens (primary N) is 2. The first-order valence-electron chi connectivity index (χ1n) is 7.85. The number of nitrogens with zero attached hydrogens (tertiary/aromatic N) is 2. The van der Waals surface area contributed by atoms with Gasteiger partial charge in [-0.15, -0.1) is 0 Å². The number of rotatable bonds is 2. The second-order valence-corrected chi connectivity index (χ2v) is 5.50. The number of hydrogen-bond acceptors (Lipinski definition) is 4. The lowest BCUT2D eigenvalue weighted by Gasteiger charge is -2.04. The van der Waals surface area contributed by atoms with Crippen LogP contribution in [0.4, 0.5) is 0 Å². The van der Waals surface area contributed by atoms with Crippen LogP contribution in [0, 0.1) is 0 Å². The highest BCUT2D eigenvalue weighted by atomic mass is 16.1. The van der Waals surface area contributed by atoms with E-state index in [2.05, 4.69) is 22.1 Å². The van der Waals surface area contributed by atoms with Gasteiger partial charge in [0.1, 0.15) is 5.69 Å². The third kappa shape index (κ3) is 3.64. The number of pyridine rings is 2. The van der Waals surface area contributed by atoms with Gasteiger partial charge >= 0.3 is 0 Å². The number of carbonyl (C=O) groups is 2. The molecule has 26 heavy (non-hydrogen) atoms. The Morgan fingerprint density at radius 1 is 0.769 bits per heavy atom. The maximum Gasteiger partial charge on any atom is 0.267 e. The fourth-order valence-electron chi connectivity index (χ4n) is 2.52. The van der Waals surface area contributed by atoms with E-state index in [1.807, 2.05) is 30.5 Å². The van der Waals surface area contributed by atoms with Crippen LogP contribution in [0.15, 0.2) is 72.9 Å². The van der Waals surface area contributed by atoms with Crippen LogP contribution >= 0.6 is 0 Å². The average Bonchev–Trinajstić information content (AvgIpc) is 2.67. The van der Waals surface area contributed by atoms with Crippen molar-refractivity contribution in [3.8, 4) is 0 Å². The van der Waals surface area contributed by atoms with Gasteiger partial charge in [0, 0.05) is 17.0 Å². The summed E-state index contributed by atoms with van der Waals surface area (Å²) in [6.45, 7) is 0. The molecule has 0 bridgehead atoms. The third-order valence-corrected chi connectivity index (χ3v) is 3.75. The van der Waals surface area contributed by atoms with Crippen molar-refractivity contribution >= 4 is 33.6 Å². The Morgan fingerprint density at radius 2 is 1.42 bits per heavy atom. The highest BCUT2D eigenvalue weighted by Gasteiger charge is 2.12. The standard InChI is InChI=1S/C11H9N3O2.C9H7N/c12-10(15)7-5-9(11(13)16)14-8-4-2-1-3-6(7)8;1-2-6-9-8(4-1)5-3-7-10-9/h1-5H,(H2,12,15)(H2,13,16);1-7H. The maximum absolute atomic E-state index is 11.2. The lowest BCUT2D eigenvalue weighted by atomic mass is 10.1. The number of fused-ring (bicyclic) bond motifs is 2. The smallest absolute Gasteiger partial charge is 0.267 e. The molecule has 0 aliphatic rings. The number of primary amides is 2. The van der Waals surface area contributed by atoms with Crippen molar-refractivity contribution in [1.82, 2.24) is 9.97 Å². The summed E-state index contributed by atoms with van der Waals surface area (Å²) >= 11 is 0. The van der Waals surface area contributed by atoms with Gasteiger partial charge in [0.2, 0.25) is 5.91 Å². The molecule has 0 saturated carbocycles. The summed E-state index contributed by atoms with van der Waals surface area (Å²) in [5.41, 5.74) is 12.2. The first kappa shape index (κ1) is 17.0. The van der Waals surface area contributed by atoms with Gasteiger partial charge in [-0.05, 0) is 24.3 Å². The lowest BCUT2D eigenvalue weighted by molar-refractivity contribution is 0.0995. The fourth-order valence-corrected chi connectivity index (χ4v) is 2.52. The zero-order valence-corrected chi connectivity index (χ0v) is 13.8. The number of amides is 2. The van der Waals surface area contributed by atoms with Crippen molar-refractivity contribution in [2.45, 2.75) is 0 Å². The summed E-state index contributed by atoms with van der Waals surface area (Å²) in [6.07, 6.45) is 1.81. The molecule has 0 atom stereocenters. The first-order valence-corrected chi connectivity index (χ1v) is 7.85. The predicted octanol–water partition coefficient (Wildman–Crippen LogP) is 2.67. The van der Waals surface area contributed by atoms with E-state index in [9.17, 15) is 9.59 Å². The van der Waals surface area contributed by atoms with Crippen LogP contribution in [0.2, 0.25) is 0 Å². The molecule has 4 rings (SSSR count). The van der Waals surface area contributed by atoms with Gasteiger partial charge in [0.15, 0.2) is 0 Å². The molecular formula is C20H16N4O2. The van der Waals surface area contributed by atoms with Crippen LogP contribution in [0.1, 0.15) is 20.8 Å². The van der Waals surface area contributed by atoms with E-state index >= 15 is 0 Å². The van der Waals surface area contributed by atoms with Gasteiger partial charge < -0.3 is 11.5 Å². The van der Waals surface area contributed by atoms with Crippen LogP contribution < -0.4 is 11.5 Å². The van der Waals surface area contributed by atoms with E-state index in [-0.39, 0.29) is 11.3 Å². The molecular weight excluding hydrogens is 328 g/mol. The third-order valence-electron chi connectivity index (χ3n) is 3.75. The summed E-state index contributed by atoms with van der Waals surface area (Å²) in [7, 11) is 0. The largest absolute Gasteiger partial charge is 0.366 e. The Morgan fingerprint density at radius 3 is 2.12 bits per heavy atom. The van der Waals surface area contributed by atoms with E-state index in [4.69, 9.17) is 11.5 Å². The Kier molecular flexibility index (Phi) is 4.85. The highest BCUT2D eigenvalue weighted by molar-refractivity contribution is 6.07. The maximum atomic E-state index is 11.2. The fraction of sp³-hybridized carbons (Fsp3) is 0. The van der Waals surface area contributed by atoms with Crippen LogP contribution in [0.25, 0.3) is 21.8 Å². The lowest BCUT2D eigenvalue weighted by Crippen LogP contribution is -2.17. The summed E-state index contributed by atoms with van der Waals surface area (Å²) in [5, 5.41) is 1.81. The molecule has 0 spiro atoms. The summed E-state index contributed by atoms with van der Waals surface area (Å²) in [4.78, 5) is 30.5. The topological polar surface area (TPSA) is 112 Å². The van der Waals surface area contributed by atoms with E-state index in [1.54, 1.807) is 24.3 Å². The van der Waals surface area contributed by atoms with Gasteiger partial charge in [-0.2, -0.15) is 0 Å². The molecule has 2 aromatic carbocycles. The Balaban J connectivity index is 0.000000167. The molecule has 6 heteroatoms. The molecule has 0 aliphatic carbocycles. The number of carbonyl (C=O) groups excluding carboxylic acids is 2. The molecule has 4 aromatic rings. The van der Waals surface area contributed by atoms with Gasteiger partial charge in [0.25, 0.3) is 5.91 Å². The van der Waals surface area contributed by atoms with E-state index < -0.39 is 11.8 Å². The minimum absolute atomic E-state index is 0.0347. The Hall–Kier alpha value is -3.80. The highest BCUT2D eigenvalue weighted by Crippen LogP contribution is 2.17. The van der Waals surface area contributed by atoms with E-state index in [1.165, 1.54) is 11.5 Å². The molecule has 128 valence electrons. The SMILES string of the molecule is NC(=O)c1cc(C(N)=O)c2ccccc2n1.c1ccc2ncccc2c1. The van der Waals surface area contributed by atoms with Crippen molar-refractivity contribution in [3.05, 3.63) is 84.2 Å². The van der Waals surface area contributed by atoms with Gasteiger partial charge in [-0.25, -0.2) is 4.98 Å². The minimum atomic E-state index is -0.687. The molecule has 2 heterocycles. The molecule has 0 aliphatic heterocycles. The van der Waals surface area contributed by atoms with Crippen molar-refractivity contribution < 1.29 is 9.59 Å². The summed E-state index contributed by atoms with van der Waals surface area (Å²) < 4.78 is 0. The molecule has 0 fully saturated rings. The monoisotopic (exact) mass is 344 g/mol. The summed E-state index contributed by atoms with van der Waals surface area (Å²) in [5.74, 6) is -1.30. The number of para-hydroxylation sites is 2. The average molecular weight is 344 g/mol. The number of hydrogen-bond donors (Lipinski definition) is 2. The first-order chi connectivity index (χ1) is 12.6. The molecule has 6 nitrogen and oxygen atoms in total. The van der Waals surface area contributed by atoms with Crippen molar-refractivity contribution in [3.63, 3.8) is 0 Å². The van der Waals surface area contributed by atoms with Crippen LogP contribution in [-0.2, 0) is 0 Å². The van der Waals surface area contributed by atoms with Crippen LogP contribution in [-0.4, -0.2) is 21.8 Å². The molecule has 0 unspecified atom stereocenters. The predicted molar refractivity (Wildman–Crippen MR) is 101 cm³/mol. The molecule has 0 radical (unpaired) electrons. The molecule has 2 aromatic heterocycles. The van der Waals surface area contributed by atoms with E-state index in [0.717, 1.165) is 5.52 Å². The van der Waals surface area contributed by atoms with Gasteiger partial charge in [-0.3, -0.25) is 14.6 Å². The van der Waals surface area contributed by atoms with E-state index in [0.29, 0.717) is 10.9 Å². The number of aromatic nitrogens is 2. The van der Waals surface area contributed by atoms with Crippen molar-refractivity contribution in [2.24, 2.45) is 11.5 Å².